The van der Waals surface area contributed by atoms with Crippen LogP contribution in [0.2, 0.25) is 5.02 Å². The van der Waals surface area contributed by atoms with E-state index in [2.05, 4.69) is 22.5 Å². The lowest BCUT2D eigenvalue weighted by molar-refractivity contribution is 0.510. The van der Waals surface area contributed by atoms with Gasteiger partial charge >= 0.3 is 0 Å². The number of hydrogen-bond donors (Lipinski definition) is 1. The minimum Gasteiger partial charge on any atom is -0.308 e. The average Bonchev–Trinajstić information content (AvgIpc) is 2.63. The second kappa shape index (κ2) is 5.40. The summed E-state index contributed by atoms with van der Waals surface area (Å²) in [5.41, 5.74) is 0. The summed E-state index contributed by atoms with van der Waals surface area (Å²) in [5.74, 6) is 2.58. The molecule has 1 fully saturated rings. The van der Waals surface area contributed by atoms with Crippen molar-refractivity contribution in [3.05, 3.63) is 21.3 Å². The SMILES string of the molecule is Clc1ccsc1CNC1CCCSC1. The minimum absolute atomic E-state index is 0.687. The maximum absolute atomic E-state index is 6.02. The number of nitrogens with one attached hydrogen (secondary N) is 1. The molecule has 2 rings (SSSR count). The number of rotatable bonds is 3. The summed E-state index contributed by atoms with van der Waals surface area (Å²) in [7, 11) is 0. The standard InChI is InChI=1S/C10H14ClNS2/c11-9-3-5-14-10(9)6-12-8-2-1-4-13-7-8/h3,5,8,12H,1-2,4,6-7H2. The molecule has 1 saturated heterocycles. The van der Waals surface area contributed by atoms with Crippen LogP contribution in [0.15, 0.2) is 11.4 Å². The van der Waals surface area contributed by atoms with Crippen LogP contribution in [0.3, 0.4) is 0 Å². The van der Waals surface area contributed by atoms with E-state index in [1.807, 2.05) is 6.07 Å². The zero-order valence-electron chi connectivity index (χ0n) is 7.96. The van der Waals surface area contributed by atoms with E-state index in [4.69, 9.17) is 11.6 Å². The molecule has 0 spiro atoms. The van der Waals surface area contributed by atoms with Crippen molar-refractivity contribution in [1.29, 1.82) is 0 Å². The molecule has 1 unspecified atom stereocenters. The Hall–Kier alpha value is 0.300. The summed E-state index contributed by atoms with van der Waals surface area (Å²) < 4.78 is 0. The molecule has 4 heteroatoms. The monoisotopic (exact) mass is 247 g/mol. The summed E-state index contributed by atoms with van der Waals surface area (Å²) in [6.45, 7) is 0.932. The molecule has 1 aromatic rings. The van der Waals surface area contributed by atoms with Gasteiger partial charge in [-0.15, -0.1) is 11.3 Å². The normalized spacial score (nSPS) is 22.5. The van der Waals surface area contributed by atoms with Crippen LogP contribution < -0.4 is 5.32 Å². The molecular formula is C10H14ClNS2. The Morgan fingerprint density at radius 1 is 1.57 bits per heavy atom. The van der Waals surface area contributed by atoms with Gasteiger partial charge < -0.3 is 5.32 Å². The van der Waals surface area contributed by atoms with Crippen LogP contribution in [0.4, 0.5) is 0 Å². The lowest BCUT2D eigenvalue weighted by Gasteiger charge is -2.22. The van der Waals surface area contributed by atoms with E-state index >= 15 is 0 Å². The lowest BCUT2D eigenvalue weighted by atomic mass is 10.2. The van der Waals surface area contributed by atoms with Gasteiger partial charge in [0.05, 0.1) is 5.02 Å². The maximum Gasteiger partial charge on any atom is 0.0558 e. The largest absolute Gasteiger partial charge is 0.308 e. The van der Waals surface area contributed by atoms with E-state index in [1.54, 1.807) is 11.3 Å². The van der Waals surface area contributed by atoms with Gasteiger partial charge in [0.2, 0.25) is 0 Å². The van der Waals surface area contributed by atoms with Gasteiger partial charge in [0.15, 0.2) is 0 Å². The van der Waals surface area contributed by atoms with Crippen molar-refractivity contribution in [2.24, 2.45) is 0 Å². The van der Waals surface area contributed by atoms with E-state index in [0.29, 0.717) is 6.04 Å². The minimum atomic E-state index is 0.687. The quantitative estimate of drug-likeness (QED) is 0.879. The third-order valence-electron chi connectivity index (χ3n) is 2.40. The predicted octanol–water partition coefficient (Wildman–Crippen LogP) is 3.39. The molecule has 0 bridgehead atoms. The van der Waals surface area contributed by atoms with Crippen LogP contribution in [0.25, 0.3) is 0 Å². The van der Waals surface area contributed by atoms with Crippen LogP contribution in [0.5, 0.6) is 0 Å². The van der Waals surface area contributed by atoms with E-state index in [1.165, 1.54) is 29.2 Å². The Balaban J connectivity index is 1.79. The molecule has 0 aliphatic carbocycles. The molecule has 0 radical (unpaired) electrons. The zero-order valence-corrected chi connectivity index (χ0v) is 10.4. The van der Waals surface area contributed by atoms with Gasteiger partial charge in [-0.05, 0) is 30.0 Å². The number of thioether (sulfide) groups is 1. The first-order valence-electron chi connectivity index (χ1n) is 4.89. The van der Waals surface area contributed by atoms with Crippen LogP contribution >= 0.6 is 34.7 Å². The summed E-state index contributed by atoms with van der Waals surface area (Å²) in [6.07, 6.45) is 2.66. The van der Waals surface area contributed by atoms with Crippen LogP contribution in [0.1, 0.15) is 17.7 Å². The van der Waals surface area contributed by atoms with Gasteiger partial charge in [-0.3, -0.25) is 0 Å². The predicted molar refractivity (Wildman–Crippen MR) is 66.5 cm³/mol. The molecule has 1 atom stereocenters. The van der Waals surface area contributed by atoms with Gasteiger partial charge in [0.25, 0.3) is 0 Å². The highest BCUT2D eigenvalue weighted by molar-refractivity contribution is 7.99. The Morgan fingerprint density at radius 2 is 2.50 bits per heavy atom. The molecule has 1 nitrogen and oxygen atoms in total. The fourth-order valence-electron chi connectivity index (χ4n) is 1.59. The van der Waals surface area contributed by atoms with Gasteiger partial charge in [-0.25, -0.2) is 0 Å². The van der Waals surface area contributed by atoms with Gasteiger partial charge in [0, 0.05) is 23.2 Å². The summed E-state index contributed by atoms with van der Waals surface area (Å²) in [4.78, 5) is 1.27. The molecule has 1 aromatic heterocycles. The van der Waals surface area contributed by atoms with E-state index < -0.39 is 0 Å². The van der Waals surface area contributed by atoms with Crippen LogP contribution in [-0.2, 0) is 6.54 Å². The Bertz CT molecular complexity index is 281. The Labute approximate surface area is 98.2 Å². The summed E-state index contributed by atoms with van der Waals surface area (Å²) in [6, 6.07) is 2.66. The molecule has 0 amide bonds. The zero-order chi connectivity index (χ0) is 9.80. The van der Waals surface area contributed by atoms with Crippen molar-refractivity contribution in [2.75, 3.05) is 11.5 Å². The molecule has 0 aromatic carbocycles. The molecule has 2 heterocycles. The fourth-order valence-corrected chi connectivity index (χ4v) is 3.75. The molecule has 78 valence electrons. The number of halogens is 1. The highest BCUT2D eigenvalue weighted by atomic mass is 35.5. The van der Waals surface area contributed by atoms with Crippen LogP contribution in [-0.4, -0.2) is 17.5 Å². The first-order valence-corrected chi connectivity index (χ1v) is 7.30. The Morgan fingerprint density at radius 3 is 3.14 bits per heavy atom. The third-order valence-corrected chi connectivity index (χ3v) is 5.01. The molecule has 1 aliphatic heterocycles. The van der Waals surface area contributed by atoms with E-state index in [9.17, 15) is 0 Å². The third kappa shape index (κ3) is 2.89. The highest BCUT2D eigenvalue weighted by Crippen LogP contribution is 2.23. The van der Waals surface area contributed by atoms with Crippen molar-refractivity contribution in [3.63, 3.8) is 0 Å². The van der Waals surface area contributed by atoms with Crippen molar-refractivity contribution < 1.29 is 0 Å². The molecule has 0 saturated carbocycles. The fraction of sp³-hybridized carbons (Fsp3) is 0.600. The van der Waals surface area contributed by atoms with Gasteiger partial charge in [0.1, 0.15) is 0 Å². The van der Waals surface area contributed by atoms with Crippen LogP contribution in [0, 0.1) is 0 Å². The number of thiophene rings is 1. The summed E-state index contributed by atoms with van der Waals surface area (Å²) in [5, 5.41) is 6.53. The number of hydrogen-bond acceptors (Lipinski definition) is 3. The molecule has 14 heavy (non-hydrogen) atoms. The first-order chi connectivity index (χ1) is 6.86. The van der Waals surface area contributed by atoms with E-state index in [0.717, 1.165) is 11.6 Å². The van der Waals surface area contributed by atoms with Crippen molar-refractivity contribution in [2.45, 2.75) is 25.4 Å². The van der Waals surface area contributed by atoms with Crippen molar-refractivity contribution in [1.82, 2.24) is 5.32 Å². The summed E-state index contributed by atoms with van der Waals surface area (Å²) >= 11 is 9.81. The topological polar surface area (TPSA) is 12.0 Å². The van der Waals surface area contributed by atoms with Crippen molar-refractivity contribution >= 4 is 34.7 Å². The Kier molecular flexibility index (Phi) is 4.17. The second-order valence-corrected chi connectivity index (χ2v) is 6.04. The average molecular weight is 248 g/mol. The van der Waals surface area contributed by atoms with Gasteiger partial charge in [-0.2, -0.15) is 11.8 Å². The maximum atomic E-state index is 6.02. The van der Waals surface area contributed by atoms with Crippen molar-refractivity contribution in [3.8, 4) is 0 Å². The van der Waals surface area contributed by atoms with Gasteiger partial charge in [-0.1, -0.05) is 11.6 Å². The van der Waals surface area contributed by atoms with E-state index in [-0.39, 0.29) is 0 Å². The highest BCUT2D eigenvalue weighted by Gasteiger charge is 2.13. The first kappa shape index (κ1) is 10.8. The second-order valence-electron chi connectivity index (χ2n) is 3.49. The smallest absolute Gasteiger partial charge is 0.0558 e. The lowest BCUT2D eigenvalue weighted by Crippen LogP contribution is -2.33. The molecule has 1 aliphatic rings. The molecule has 1 N–H and O–H groups in total. The molecular weight excluding hydrogens is 234 g/mol.